The van der Waals surface area contributed by atoms with Crippen LogP contribution in [-0.2, 0) is 0 Å². The Labute approximate surface area is 131 Å². The maximum absolute atomic E-state index is 12.1. The van der Waals surface area contributed by atoms with Gasteiger partial charge in [0.1, 0.15) is 0 Å². The molecule has 1 fully saturated rings. The topological polar surface area (TPSA) is 58.1 Å². The monoisotopic (exact) mass is 300 g/mol. The molecule has 1 aliphatic carbocycles. The number of rotatable bonds is 5. The second-order valence-corrected chi connectivity index (χ2v) is 6.08. The highest BCUT2D eigenvalue weighted by molar-refractivity contribution is 5.92. The third-order valence-corrected chi connectivity index (χ3v) is 4.43. The van der Waals surface area contributed by atoms with E-state index in [1.807, 2.05) is 6.07 Å². The summed E-state index contributed by atoms with van der Waals surface area (Å²) in [5.41, 5.74) is 1.88. The zero-order valence-electron chi connectivity index (χ0n) is 13.1. The van der Waals surface area contributed by atoms with Gasteiger partial charge in [0.2, 0.25) is 0 Å². The fourth-order valence-electron chi connectivity index (χ4n) is 3.12. The predicted molar refractivity (Wildman–Crippen MR) is 87.0 cm³/mol. The fraction of sp³-hybridized carbons (Fsp3) is 0.588. The quantitative estimate of drug-likeness (QED) is 0.849. The van der Waals surface area contributed by atoms with E-state index in [4.69, 9.17) is 0 Å². The van der Waals surface area contributed by atoms with Crippen molar-refractivity contribution in [2.75, 3.05) is 24.5 Å². The number of amides is 1. The minimum Gasteiger partial charge on any atom is -0.355 e. The van der Waals surface area contributed by atoms with Crippen molar-refractivity contribution in [3.63, 3.8) is 0 Å². The minimum atomic E-state index is -0.128. The molecular formula is C17H24N4O. The summed E-state index contributed by atoms with van der Waals surface area (Å²) in [5, 5.41) is 11.2. The Kier molecular flexibility index (Phi) is 5.03. The van der Waals surface area contributed by atoms with E-state index in [1.54, 1.807) is 6.07 Å². The first kappa shape index (κ1) is 15.0. The van der Waals surface area contributed by atoms with Crippen LogP contribution in [0.25, 0.3) is 0 Å². The lowest BCUT2D eigenvalue weighted by Crippen LogP contribution is -2.26. The summed E-state index contributed by atoms with van der Waals surface area (Å²) >= 11 is 0. The van der Waals surface area contributed by atoms with Gasteiger partial charge < -0.3 is 10.2 Å². The molecule has 5 nitrogen and oxygen atoms in total. The summed E-state index contributed by atoms with van der Waals surface area (Å²) in [6.45, 7) is 2.75. The van der Waals surface area contributed by atoms with Crippen LogP contribution in [0.1, 0.15) is 55.4 Å². The van der Waals surface area contributed by atoms with Gasteiger partial charge in [0.05, 0.1) is 0 Å². The van der Waals surface area contributed by atoms with E-state index in [0.717, 1.165) is 25.3 Å². The molecule has 0 saturated carbocycles. The van der Waals surface area contributed by atoms with Crippen molar-refractivity contribution in [2.24, 2.45) is 0 Å². The van der Waals surface area contributed by atoms with Gasteiger partial charge in [-0.05, 0) is 57.1 Å². The van der Waals surface area contributed by atoms with Crippen LogP contribution in [0.2, 0.25) is 0 Å². The lowest BCUT2D eigenvalue weighted by atomic mass is 9.97. The van der Waals surface area contributed by atoms with Crippen LogP contribution < -0.4 is 10.2 Å². The van der Waals surface area contributed by atoms with Gasteiger partial charge >= 0.3 is 0 Å². The van der Waals surface area contributed by atoms with Crippen molar-refractivity contribution < 1.29 is 4.79 Å². The van der Waals surface area contributed by atoms with Gasteiger partial charge in [0.15, 0.2) is 11.5 Å². The van der Waals surface area contributed by atoms with Crippen molar-refractivity contribution in [3.05, 3.63) is 29.5 Å². The van der Waals surface area contributed by atoms with E-state index in [0.29, 0.717) is 12.2 Å². The molecule has 1 aromatic heterocycles. The fourth-order valence-corrected chi connectivity index (χ4v) is 3.12. The molecule has 5 heteroatoms. The number of hydrogen-bond donors (Lipinski definition) is 1. The number of anilines is 1. The molecule has 0 atom stereocenters. The zero-order valence-corrected chi connectivity index (χ0v) is 13.1. The third kappa shape index (κ3) is 3.84. The molecule has 3 rings (SSSR count). The molecule has 0 aromatic carbocycles. The lowest BCUT2D eigenvalue weighted by molar-refractivity contribution is 0.0948. The van der Waals surface area contributed by atoms with Crippen LogP contribution >= 0.6 is 0 Å². The Morgan fingerprint density at radius 1 is 1.14 bits per heavy atom. The summed E-state index contributed by atoms with van der Waals surface area (Å²) in [7, 11) is 0. The number of nitrogens with one attached hydrogen (secondary N) is 1. The predicted octanol–water partition coefficient (Wildman–Crippen LogP) is 2.70. The first-order valence-electron chi connectivity index (χ1n) is 8.38. The highest BCUT2D eigenvalue weighted by atomic mass is 16.1. The maximum Gasteiger partial charge on any atom is 0.271 e. The number of carbonyl (C=O) groups excluding carboxylic acids is 1. The molecule has 1 aliphatic heterocycles. The Balaban J connectivity index is 1.48. The summed E-state index contributed by atoms with van der Waals surface area (Å²) in [4.78, 5) is 14.3. The maximum atomic E-state index is 12.1. The van der Waals surface area contributed by atoms with Gasteiger partial charge in [0, 0.05) is 19.6 Å². The van der Waals surface area contributed by atoms with E-state index in [9.17, 15) is 4.79 Å². The van der Waals surface area contributed by atoms with Crippen LogP contribution in [-0.4, -0.2) is 35.7 Å². The SMILES string of the molecule is O=C(NCCC1=CCCCC1)c1ccc(N2CCCC2)nn1. The molecule has 1 saturated heterocycles. The summed E-state index contributed by atoms with van der Waals surface area (Å²) < 4.78 is 0. The lowest BCUT2D eigenvalue weighted by Gasteiger charge is -2.15. The van der Waals surface area contributed by atoms with E-state index < -0.39 is 0 Å². The van der Waals surface area contributed by atoms with Crippen molar-refractivity contribution in [1.82, 2.24) is 15.5 Å². The molecule has 118 valence electrons. The van der Waals surface area contributed by atoms with Crippen molar-refractivity contribution >= 4 is 11.7 Å². The van der Waals surface area contributed by atoms with Gasteiger partial charge in [-0.15, -0.1) is 10.2 Å². The molecule has 0 unspecified atom stereocenters. The molecule has 2 heterocycles. The Morgan fingerprint density at radius 3 is 2.68 bits per heavy atom. The van der Waals surface area contributed by atoms with Crippen LogP contribution in [0.5, 0.6) is 0 Å². The van der Waals surface area contributed by atoms with E-state index in [1.165, 1.54) is 44.1 Å². The average molecular weight is 300 g/mol. The summed E-state index contributed by atoms with van der Waals surface area (Å²) in [5.74, 6) is 0.748. The average Bonchev–Trinajstić information content (AvgIpc) is 3.10. The summed E-state index contributed by atoms with van der Waals surface area (Å²) in [6, 6.07) is 3.67. The molecule has 1 aromatic rings. The third-order valence-electron chi connectivity index (χ3n) is 4.43. The Bertz CT molecular complexity index is 532. The van der Waals surface area contributed by atoms with Gasteiger partial charge in [-0.1, -0.05) is 11.6 Å². The first-order chi connectivity index (χ1) is 10.8. The second-order valence-electron chi connectivity index (χ2n) is 6.08. The van der Waals surface area contributed by atoms with Crippen molar-refractivity contribution in [2.45, 2.75) is 44.9 Å². The number of carbonyl (C=O) groups is 1. The zero-order chi connectivity index (χ0) is 15.2. The normalized spacial score (nSPS) is 18.2. The van der Waals surface area contributed by atoms with Gasteiger partial charge in [-0.2, -0.15) is 0 Å². The van der Waals surface area contributed by atoms with Gasteiger partial charge in [-0.25, -0.2) is 0 Å². The van der Waals surface area contributed by atoms with Crippen LogP contribution in [0.4, 0.5) is 5.82 Å². The number of allylic oxidation sites excluding steroid dienone is 1. The molecule has 1 amide bonds. The Morgan fingerprint density at radius 2 is 2.00 bits per heavy atom. The van der Waals surface area contributed by atoms with E-state index in [-0.39, 0.29) is 5.91 Å². The number of nitrogens with zero attached hydrogens (tertiary/aromatic N) is 3. The second kappa shape index (κ2) is 7.38. The van der Waals surface area contributed by atoms with Gasteiger partial charge in [0.25, 0.3) is 5.91 Å². The largest absolute Gasteiger partial charge is 0.355 e. The highest BCUT2D eigenvalue weighted by Gasteiger charge is 2.15. The van der Waals surface area contributed by atoms with Crippen LogP contribution in [0.15, 0.2) is 23.8 Å². The first-order valence-corrected chi connectivity index (χ1v) is 8.38. The molecule has 0 spiro atoms. The smallest absolute Gasteiger partial charge is 0.271 e. The van der Waals surface area contributed by atoms with Crippen molar-refractivity contribution in [1.29, 1.82) is 0 Å². The molecular weight excluding hydrogens is 276 g/mol. The van der Waals surface area contributed by atoms with Crippen LogP contribution in [0, 0.1) is 0 Å². The van der Waals surface area contributed by atoms with Gasteiger partial charge in [-0.3, -0.25) is 4.79 Å². The number of hydrogen-bond acceptors (Lipinski definition) is 4. The van der Waals surface area contributed by atoms with E-state index >= 15 is 0 Å². The molecule has 0 bridgehead atoms. The standard InChI is InChI=1S/C17H24N4O/c22-17(18-11-10-14-6-2-1-3-7-14)15-8-9-16(20-19-15)21-12-4-5-13-21/h6,8-9H,1-5,7,10-13H2,(H,18,22). The van der Waals surface area contributed by atoms with Crippen LogP contribution in [0.3, 0.4) is 0 Å². The molecule has 22 heavy (non-hydrogen) atoms. The Hall–Kier alpha value is -1.91. The minimum absolute atomic E-state index is 0.128. The van der Waals surface area contributed by atoms with E-state index in [2.05, 4.69) is 26.5 Å². The molecule has 1 N–H and O–H groups in total. The number of aromatic nitrogens is 2. The molecule has 0 radical (unpaired) electrons. The summed E-state index contributed by atoms with van der Waals surface area (Å²) in [6.07, 6.45) is 10.6. The molecule has 2 aliphatic rings. The van der Waals surface area contributed by atoms with Crippen molar-refractivity contribution in [3.8, 4) is 0 Å². The highest BCUT2D eigenvalue weighted by Crippen LogP contribution is 2.19.